The molecule has 0 saturated carbocycles. The highest BCUT2D eigenvalue weighted by Crippen LogP contribution is 2.36. The average molecular weight is 521 g/mol. The van der Waals surface area contributed by atoms with Crippen molar-refractivity contribution >= 4 is 52.0 Å². The van der Waals surface area contributed by atoms with Gasteiger partial charge in [-0.3, -0.25) is 4.79 Å². The molecule has 0 saturated heterocycles. The molecule has 0 spiro atoms. The first kappa shape index (κ1) is 24.6. The van der Waals surface area contributed by atoms with E-state index in [0.29, 0.717) is 46.5 Å². The fourth-order valence-corrected chi connectivity index (χ4v) is 3.93. The van der Waals surface area contributed by atoms with Crippen LogP contribution in [0.1, 0.15) is 16.8 Å². The number of carbonyl (C=O) groups is 2. The lowest BCUT2D eigenvalue weighted by molar-refractivity contribution is -0.137. The fourth-order valence-electron chi connectivity index (χ4n) is 3.93. The average Bonchev–Trinajstić information content (AvgIpc) is 3.47. The van der Waals surface area contributed by atoms with E-state index in [1.54, 1.807) is 48.7 Å². The van der Waals surface area contributed by atoms with Gasteiger partial charge in [0.15, 0.2) is 0 Å². The third-order valence-corrected chi connectivity index (χ3v) is 5.68. The van der Waals surface area contributed by atoms with Crippen LogP contribution in [0.25, 0.3) is 11.6 Å². The number of fused-ring (bicyclic) bond motifs is 1. The minimum absolute atomic E-state index is 0.221. The van der Waals surface area contributed by atoms with Crippen molar-refractivity contribution in [1.82, 2.24) is 4.98 Å². The highest BCUT2D eigenvalue weighted by molar-refractivity contribution is 6.35. The zero-order chi connectivity index (χ0) is 26.9. The van der Waals surface area contributed by atoms with Crippen molar-refractivity contribution in [2.24, 2.45) is 0 Å². The van der Waals surface area contributed by atoms with Crippen LogP contribution in [0.3, 0.4) is 0 Å². The summed E-state index contributed by atoms with van der Waals surface area (Å²) in [6.45, 7) is 0. The van der Waals surface area contributed by atoms with Crippen molar-refractivity contribution in [2.45, 2.75) is 6.18 Å². The molecule has 1 aromatic heterocycles. The Balaban J connectivity index is 1.28. The molecule has 192 valence electrons. The maximum absolute atomic E-state index is 13.9. The molecule has 4 aromatic rings. The molecule has 5 rings (SSSR count). The molecular weight excluding hydrogens is 502 g/mol. The van der Waals surface area contributed by atoms with E-state index in [2.05, 4.69) is 26.3 Å². The van der Waals surface area contributed by atoms with Crippen LogP contribution in [0, 0.1) is 5.82 Å². The van der Waals surface area contributed by atoms with Crippen molar-refractivity contribution in [3.05, 3.63) is 102 Å². The second-order valence-electron chi connectivity index (χ2n) is 8.38. The lowest BCUT2D eigenvalue weighted by atomic mass is 10.1. The number of carbonyl (C=O) groups excluding carboxylic acids is 2. The van der Waals surface area contributed by atoms with Crippen LogP contribution < -0.4 is 21.3 Å². The van der Waals surface area contributed by atoms with Gasteiger partial charge in [0.05, 0.1) is 22.5 Å². The van der Waals surface area contributed by atoms with Crippen LogP contribution in [0.5, 0.6) is 0 Å². The number of nitrogens with one attached hydrogen (secondary N) is 5. The molecule has 1 aliphatic heterocycles. The molecule has 0 radical (unpaired) electrons. The van der Waals surface area contributed by atoms with Gasteiger partial charge >= 0.3 is 12.2 Å². The number of rotatable bonds is 5. The lowest BCUT2D eigenvalue weighted by Crippen LogP contribution is -2.20. The zero-order valence-electron chi connectivity index (χ0n) is 19.4. The van der Waals surface area contributed by atoms with Gasteiger partial charge in [-0.25, -0.2) is 9.18 Å². The number of amides is 3. The van der Waals surface area contributed by atoms with Crippen LogP contribution in [0.15, 0.2) is 79.0 Å². The van der Waals surface area contributed by atoms with Crippen molar-refractivity contribution < 1.29 is 27.2 Å². The summed E-state index contributed by atoms with van der Waals surface area (Å²) < 4.78 is 52.7. The molecule has 7 nitrogen and oxygen atoms in total. The van der Waals surface area contributed by atoms with Gasteiger partial charge in [0.25, 0.3) is 5.91 Å². The maximum atomic E-state index is 13.9. The summed E-state index contributed by atoms with van der Waals surface area (Å²) in [4.78, 5) is 27.8. The Kier molecular flexibility index (Phi) is 6.33. The van der Waals surface area contributed by atoms with E-state index < -0.39 is 29.3 Å². The summed E-state index contributed by atoms with van der Waals surface area (Å²) in [6, 6.07) is 16.4. The van der Waals surface area contributed by atoms with Gasteiger partial charge in [-0.2, -0.15) is 13.2 Å². The summed E-state index contributed by atoms with van der Waals surface area (Å²) in [5.74, 6) is -1.22. The Labute approximate surface area is 213 Å². The molecule has 3 amide bonds. The number of alkyl halides is 3. The SMILES string of the molecule is O=C(Nc1cccc(Nc2ccc3c(c2)NC(=O)/C3=C\c2ccc[nH]2)c1)Nc1cc(C(F)(F)F)ccc1F. The van der Waals surface area contributed by atoms with E-state index in [0.717, 1.165) is 11.3 Å². The number of anilines is 5. The fraction of sp³-hybridized carbons (Fsp3) is 0.0370. The smallest absolute Gasteiger partial charge is 0.362 e. The summed E-state index contributed by atoms with van der Waals surface area (Å²) in [5, 5.41) is 10.6. The highest BCUT2D eigenvalue weighted by Gasteiger charge is 2.31. The lowest BCUT2D eigenvalue weighted by Gasteiger charge is -2.13. The molecule has 38 heavy (non-hydrogen) atoms. The van der Waals surface area contributed by atoms with Crippen LogP contribution >= 0.6 is 0 Å². The maximum Gasteiger partial charge on any atom is 0.416 e. The van der Waals surface area contributed by atoms with Crippen molar-refractivity contribution in [2.75, 3.05) is 21.3 Å². The van der Waals surface area contributed by atoms with Gasteiger partial charge in [-0.15, -0.1) is 0 Å². The molecule has 0 unspecified atom stereocenters. The standard InChI is InChI=1S/C27H19F4N5O2/c28-22-9-6-15(27(29,30)31)11-24(22)36-26(38)34-18-4-1-3-17(12-18)33-19-7-8-20-21(13-16-5-2-10-32-16)25(37)35-23(20)14-19/h1-14,32-33H,(H,35,37)(H2,34,36,38)/b21-13-. The number of hydrogen-bond acceptors (Lipinski definition) is 3. The molecule has 1 aliphatic rings. The van der Waals surface area contributed by atoms with Gasteiger partial charge in [-0.05, 0) is 66.7 Å². The third-order valence-electron chi connectivity index (χ3n) is 5.68. The first-order valence-electron chi connectivity index (χ1n) is 11.3. The van der Waals surface area contributed by atoms with Crippen LogP contribution in [-0.4, -0.2) is 16.9 Å². The predicted molar refractivity (Wildman–Crippen MR) is 138 cm³/mol. The van der Waals surface area contributed by atoms with E-state index in [1.807, 2.05) is 18.2 Å². The van der Waals surface area contributed by atoms with Crippen LogP contribution in [-0.2, 0) is 11.0 Å². The summed E-state index contributed by atoms with van der Waals surface area (Å²) in [7, 11) is 0. The second kappa shape index (κ2) is 9.77. The Morgan fingerprint density at radius 3 is 2.42 bits per heavy atom. The van der Waals surface area contributed by atoms with E-state index >= 15 is 0 Å². The van der Waals surface area contributed by atoms with Gasteiger partial charge in [0.1, 0.15) is 5.82 Å². The first-order valence-corrected chi connectivity index (χ1v) is 11.3. The Hall–Kier alpha value is -5.06. The Morgan fingerprint density at radius 2 is 1.66 bits per heavy atom. The number of benzene rings is 3. The molecule has 11 heteroatoms. The number of aromatic amines is 1. The number of aromatic nitrogens is 1. The number of urea groups is 1. The van der Waals surface area contributed by atoms with E-state index in [1.165, 1.54) is 0 Å². The number of hydrogen-bond donors (Lipinski definition) is 5. The monoisotopic (exact) mass is 521 g/mol. The molecule has 0 aliphatic carbocycles. The largest absolute Gasteiger partial charge is 0.416 e. The second-order valence-corrected chi connectivity index (χ2v) is 8.38. The Bertz CT molecular complexity index is 1560. The molecular formula is C27H19F4N5O2. The van der Waals surface area contributed by atoms with Gasteiger partial charge < -0.3 is 26.3 Å². The van der Waals surface area contributed by atoms with E-state index in [4.69, 9.17) is 0 Å². The minimum atomic E-state index is -4.68. The first-order chi connectivity index (χ1) is 18.2. The normalized spacial score (nSPS) is 13.7. The molecule has 0 fully saturated rings. The summed E-state index contributed by atoms with van der Waals surface area (Å²) >= 11 is 0. The topological polar surface area (TPSA) is 98.1 Å². The van der Waals surface area contributed by atoms with Crippen LogP contribution in [0.4, 0.5) is 50.8 Å². The molecule has 0 bridgehead atoms. The van der Waals surface area contributed by atoms with Crippen molar-refractivity contribution in [1.29, 1.82) is 0 Å². The predicted octanol–water partition coefficient (Wildman–Crippen LogP) is 7.05. The van der Waals surface area contributed by atoms with Gasteiger partial charge in [0, 0.05) is 34.5 Å². The van der Waals surface area contributed by atoms with E-state index in [-0.39, 0.29) is 5.91 Å². The zero-order valence-corrected chi connectivity index (χ0v) is 19.4. The van der Waals surface area contributed by atoms with Gasteiger partial charge in [0.2, 0.25) is 0 Å². The van der Waals surface area contributed by atoms with Crippen molar-refractivity contribution in [3.63, 3.8) is 0 Å². The molecule has 2 heterocycles. The molecule has 0 atom stereocenters. The van der Waals surface area contributed by atoms with Crippen LogP contribution in [0.2, 0.25) is 0 Å². The van der Waals surface area contributed by atoms with Crippen molar-refractivity contribution in [3.8, 4) is 0 Å². The molecule has 3 aromatic carbocycles. The number of halogens is 4. The third kappa shape index (κ3) is 5.36. The summed E-state index contributed by atoms with van der Waals surface area (Å²) in [5.41, 5.74) is 2.59. The Morgan fingerprint density at radius 1 is 0.868 bits per heavy atom. The van der Waals surface area contributed by atoms with Gasteiger partial charge in [-0.1, -0.05) is 12.1 Å². The highest BCUT2D eigenvalue weighted by atomic mass is 19.4. The quantitative estimate of drug-likeness (QED) is 0.144. The number of H-pyrrole nitrogens is 1. The molecule has 5 N–H and O–H groups in total. The van der Waals surface area contributed by atoms with E-state index in [9.17, 15) is 27.2 Å². The summed E-state index contributed by atoms with van der Waals surface area (Å²) in [6.07, 6.45) is -1.15. The minimum Gasteiger partial charge on any atom is -0.362 e.